The van der Waals surface area contributed by atoms with E-state index in [2.05, 4.69) is 51.2 Å². The van der Waals surface area contributed by atoms with E-state index in [-0.39, 0.29) is 24.9 Å². The van der Waals surface area contributed by atoms with Gasteiger partial charge in [-0.3, -0.25) is 9.10 Å². The molecule has 0 spiro atoms. The minimum atomic E-state index is -3.41. The SMILES string of the molecule is CCc1ccc(N(CCCC(=O)N[C@H](CC)c2ccc(C)cc2C)S(C)(=O)=O)cc1. The fourth-order valence-corrected chi connectivity index (χ4v) is 4.62. The highest BCUT2D eigenvalue weighted by atomic mass is 32.2. The van der Waals surface area contributed by atoms with Gasteiger partial charge in [0.15, 0.2) is 0 Å². The van der Waals surface area contributed by atoms with Crippen LogP contribution >= 0.6 is 0 Å². The Morgan fingerprint density at radius 1 is 1.07 bits per heavy atom. The predicted molar refractivity (Wildman–Crippen MR) is 124 cm³/mol. The van der Waals surface area contributed by atoms with Crippen molar-refractivity contribution in [1.29, 1.82) is 0 Å². The number of carbonyl (C=O) groups is 1. The first kappa shape index (κ1) is 23.9. The molecular formula is C24H34N2O3S. The summed E-state index contributed by atoms with van der Waals surface area (Å²) < 4.78 is 25.9. The zero-order valence-corrected chi connectivity index (χ0v) is 19.6. The van der Waals surface area contributed by atoms with E-state index in [1.807, 2.05) is 24.3 Å². The zero-order chi connectivity index (χ0) is 22.3. The van der Waals surface area contributed by atoms with Crippen LogP contribution < -0.4 is 9.62 Å². The first-order valence-corrected chi connectivity index (χ1v) is 12.4. The first-order chi connectivity index (χ1) is 14.2. The van der Waals surface area contributed by atoms with Crippen LogP contribution in [0, 0.1) is 13.8 Å². The summed E-state index contributed by atoms with van der Waals surface area (Å²) in [6.07, 6.45) is 3.64. The van der Waals surface area contributed by atoms with Crippen LogP contribution in [0.2, 0.25) is 0 Å². The average Bonchev–Trinajstić information content (AvgIpc) is 2.69. The third-order valence-corrected chi connectivity index (χ3v) is 6.54. The third-order valence-electron chi connectivity index (χ3n) is 5.34. The van der Waals surface area contributed by atoms with E-state index in [0.717, 1.165) is 24.0 Å². The zero-order valence-electron chi connectivity index (χ0n) is 18.7. The molecule has 164 valence electrons. The molecule has 0 heterocycles. The van der Waals surface area contributed by atoms with Gasteiger partial charge in [-0.25, -0.2) is 8.42 Å². The van der Waals surface area contributed by atoms with Gasteiger partial charge in [0, 0.05) is 13.0 Å². The van der Waals surface area contributed by atoms with Crippen LogP contribution in [0.5, 0.6) is 0 Å². The van der Waals surface area contributed by atoms with Gasteiger partial charge < -0.3 is 5.32 Å². The highest BCUT2D eigenvalue weighted by molar-refractivity contribution is 7.92. The molecule has 0 unspecified atom stereocenters. The Morgan fingerprint density at radius 3 is 2.27 bits per heavy atom. The van der Waals surface area contributed by atoms with Gasteiger partial charge in [-0.15, -0.1) is 0 Å². The molecule has 0 bridgehead atoms. The second kappa shape index (κ2) is 10.6. The van der Waals surface area contributed by atoms with Crippen molar-refractivity contribution >= 4 is 21.6 Å². The number of aryl methyl sites for hydroxylation is 3. The number of amides is 1. The van der Waals surface area contributed by atoms with Crippen LogP contribution in [0.25, 0.3) is 0 Å². The molecule has 2 aromatic carbocycles. The molecule has 0 aliphatic carbocycles. The van der Waals surface area contributed by atoms with E-state index in [9.17, 15) is 13.2 Å². The van der Waals surface area contributed by atoms with E-state index < -0.39 is 10.0 Å². The van der Waals surface area contributed by atoms with Crippen LogP contribution in [0.4, 0.5) is 5.69 Å². The van der Waals surface area contributed by atoms with Gasteiger partial charge in [-0.05, 0) is 61.9 Å². The predicted octanol–water partition coefficient (Wildman–Crippen LogP) is 4.68. The van der Waals surface area contributed by atoms with Crippen molar-refractivity contribution in [2.24, 2.45) is 0 Å². The van der Waals surface area contributed by atoms with E-state index in [0.29, 0.717) is 12.1 Å². The smallest absolute Gasteiger partial charge is 0.232 e. The van der Waals surface area contributed by atoms with Crippen molar-refractivity contribution in [3.8, 4) is 0 Å². The quantitative estimate of drug-likeness (QED) is 0.595. The maximum absolute atomic E-state index is 12.5. The summed E-state index contributed by atoms with van der Waals surface area (Å²) in [5, 5.41) is 3.10. The minimum absolute atomic E-state index is 0.0364. The van der Waals surface area contributed by atoms with E-state index in [1.165, 1.54) is 21.7 Å². The lowest BCUT2D eigenvalue weighted by atomic mass is 9.97. The number of anilines is 1. The molecule has 1 atom stereocenters. The van der Waals surface area contributed by atoms with E-state index >= 15 is 0 Å². The summed E-state index contributed by atoms with van der Waals surface area (Å²) in [6, 6.07) is 13.8. The van der Waals surface area contributed by atoms with Gasteiger partial charge >= 0.3 is 0 Å². The summed E-state index contributed by atoms with van der Waals surface area (Å²) in [7, 11) is -3.41. The monoisotopic (exact) mass is 430 g/mol. The second-order valence-corrected chi connectivity index (χ2v) is 9.75. The van der Waals surface area contributed by atoms with Crippen molar-refractivity contribution < 1.29 is 13.2 Å². The lowest BCUT2D eigenvalue weighted by molar-refractivity contribution is -0.121. The Balaban J connectivity index is 1.99. The summed E-state index contributed by atoms with van der Waals surface area (Å²) in [4.78, 5) is 12.5. The van der Waals surface area contributed by atoms with Crippen LogP contribution in [-0.2, 0) is 21.2 Å². The van der Waals surface area contributed by atoms with Gasteiger partial charge in [0.25, 0.3) is 0 Å². The van der Waals surface area contributed by atoms with Crippen LogP contribution in [0.15, 0.2) is 42.5 Å². The Kier molecular flexibility index (Phi) is 8.47. The number of hydrogen-bond acceptors (Lipinski definition) is 3. The van der Waals surface area contributed by atoms with Crippen molar-refractivity contribution in [2.75, 3.05) is 17.1 Å². The van der Waals surface area contributed by atoms with Crippen molar-refractivity contribution in [1.82, 2.24) is 5.32 Å². The highest BCUT2D eigenvalue weighted by Gasteiger charge is 2.19. The number of sulfonamides is 1. The highest BCUT2D eigenvalue weighted by Crippen LogP contribution is 2.22. The van der Waals surface area contributed by atoms with Crippen molar-refractivity contribution in [2.45, 2.75) is 59.4 Å². The summed E-state index contributed by atoms with van der Waals surface area (Å²) in [5.74, 6) is -0.0587. The van der Waals surface area contributed by atoms with Gasteiger partial charge in [-0.1, -0.05) is 49.7 Å². The molecule has 0 aliphatic heterocycles. The molecule has 6 heteroatoms. The lowest BCUT2D eigenvalue weighted by Gasteiger charge is -2.23. The largest absolute Gasteiger partial charge is 0.349 e. The molecule has 0 radical (unpaired) electrons. The Labute approximate surface area is 181 Å². The minimum Gasteiger partial charge on any atom is -0.349 e. The summed E-state index contributed by atoms with van der Waals surface area (Å²) in [5.41, 5.74) is 5.29. The number of nitrogens with one attached hydrogen (secondary N) is 1. The van der Waals surface area contributed by atoms with Crippen LogP contribution in [0.1, 0.15) is 61.4 Å². The number of rotatable bonds is 10. The Hall–Kier alpha value is -2.34. The van der Waals surface area contributed by atoms with Gasteiger partial charge in [0.05, 0.1) is 18.0 Å². The topological polar surface area (TPSA) is 66.5 Å². The molecule has 2 rings (SSSR count). The maximum Gasteiger partial charge on any atom is 0.232 e. The molecule has 30 heavy (non-hydrogen) atoms. The average molecular weight is 431 g/mol. The number of carbonyl (C=O) groups excluding carboxylic acids is 1. The standard InChI is InChI=1S/C24H34N2O3S/c1-6-20-11-13-21(14-12-20)26(30(5,28)29)16-8-9-24(27)25-23(7-2)22-15-10-18(3)17-19(22)4/h10-15,17,23H,6-9,16H2,1-5H3,(H,25,27)/t23-/m1/s1. The summed E-state index contributed by atoms with van der Waals surface area (Å²) in [6.45, 7) is 8.50. The molecule has 1 N–H and O–H groups in total. The molecule has 0 saturated heterocycles. The van der Waals surface area contributed by atoms with Crippen molar-refractivity contribution in [3.05, 3.63) is 64.7 Å². The molecule has 0 fully saturated rings. The fraction of sp³-hybridized carbons (Fsp3) is 0.458. The van der Waals surface area contributed by atoms with Crippen LogP contribution in [0.3, 0.4) is 0 Å². The summed E-state index contributed by atoms with van der Waals surface area (Å²) >= 11 is 0. The molecule has 0 saturated carbocycles. The molecule has 1 amide bonds. The van der Waals surface area contributed by atoms with E-state index in [4.69, 9.17) is 0 Å². The molecular weight excluding hydrogens is 396 g/mol. The second-order valence-electron chi connectivity index (χ2n) is 7.85. The lowest BCUT2D eigenvalue weighted by Crippen LogP contribution is -2.33. The van der Waals surface area contributed by atoms with Gasteiger partial charge in [0.2, 0.25) is 15.9 Å². The maximum atomic E-state index is 12.5. The number of nitrogens with zero attached hydrogens (tertiary/aromatic N) is 1. The molecule has 5 nitrogen and oxygen atoms in total. The first-order valence-electron chi connectivity index (χ1n) is 10.6. The van der Waals surface area contributed by atoms with E-state index in [1.54, 1.807) is 0 Å². The number of benzene rings is 2. The van der Waals surface area contributed by atoms with Crippen molar-refractivity contribution in [3.63, 3.8) is 0 Å². The van der Waals surface area contributed by atoms with Crippen LogP contribution in [-0.4, -0.2) is 27.1 Å². The Morgan fingerprint density at radius 2 is 1.73 bits per heavy atom. The van der Waals surface area contributed by atoms with Gasteiger partial charge in [-0.2, -0.15) is 0 Å². The molecule has 0 aliphatic rings. The molecule has 0 aromatic heterocycles. The Bertz CT molecular complexity index is 953. The molecule has 2 aromatic rings. The normalized spacial score (nSPS) is 12.4. The number of hydrogen-bond donors (Lipinski definition) is 1. The third kappa shape index (κ3) is 6.59. The fourth-order valence-electron chi connectivity index (χ4n) is 3.65. The van der Waals surface area contributed by atoms with Gasteiger partial charge in [0.1, 0.15) is 0 Å².